The van der Waals surface area contributed by atoms with E-state index in [1.165, 1.54) is 488 Å². The standard InChI is InChI=1S/2C46H93NO2.Ca/c2*1-3-5-7-9-11-13-15-17-19-21-23-25-27-29-31-33-35-39-43-47(45-41-37-38-42-46(48)49)44-40-36-34-32-30-28-26-24-22-20-18-16-14-12-10-8-6-4-2;/h2*3-45H2,1-2H3,(H,48,49);/q;;+2/p-2. The molecule has 0 N–H and O–H groups in total. The monoisotopic (exact) mass is 1420 g/mol. The van der Waals surface area contributed by atoms with Crippen LogP contribution < -0.4 is 10.2 Å². The van der Waals surface area contributed by atoms with Crippen molar-refractivity contribution in [2.75, 3.05) is 39.3 Å². The zero-order chi connectivity index (χ0) is 71.1. The molecule has 0 atom stereocenters. The molecular weight excluding hydrogens is 1240 g/mol. The molecule has 0 amide bonds. The van der Waals surface area contributed by atoms with Gasteiger partial charge in [-0.25, -0.2) is 0 Å². The molecule has 0 saturated heterocycles. The third-order valence-electron chi connectivity index (χ3n) is 22.0. The van der Waals surface area contributed by atoms with Crippen molar-refractivity contribution in [2.45, 2.75) is 541 Å². The van der Waals surface area contributed by atoms with Gasteiger partial charge in [-0.1, -0.05) is 477 Å². The van der Waals surface area contributed by atoms with E-state index in [0.717, 1.165) is 51.6 Å². The average Bonchev–Trinajstić information content (AvgIpc) is 3.75. The van der Waals surface area contributed by atoms with Crippen LogP contribution >= 0.6 is 0 Å². The van der Waals surface area contributed by atoms with Gasteiger partial charge >= 0.3 is 37.7 Å². The van der Waals surface area contributed by atoms with Crippen LogP contribution in [0.4, 0.5) is 0 Å². The Morgan fingerprint density at radius 2 is 0.253 bits per heavy atom. The minimum absolute atomic E-state index is 0. The van der Waals surface area contributed by atoms with Gasteiger partial charge < -0.3 is 29.6 Å². The van der Waals surface area contributed by atoms with Crippen LogP contribution in [0.3, 0.4) is 0 Å². The minimum Gasteiger partial charge on any atom is -0.550 e. The van der Waals surface area contributed by atoms with Crippen LogP contribution in [0, 0.1) is 0 Å². The second-order valence-electron chi connectivity index (χ2n) is 32.1. The summed E-state index contributed by atoms with van der Waals surface area (Å²) < 4.78 is 0. The second kappa shape index (κ2) is 96.1. The summed E-state index contributed by atoms with van der Waals surface area (Å²) >= 11 is 0. The summed E-state index contributed by atoms with van der Waals surface area (Å²) in [6, 6.07) is 0. The zero-order valence-corrected chi connectivity index (χ0v) is 71.3. The van der Waals surface area contributed by atoms with E-state index in [0.29, 0.717) is 0 Å². The van der Waals surface area contributed by atoms with Gasteiger partial charge in [-0.15, -0.1) is 0 Å². The van der Waals surface area contributed by atoms with E-state index < -0.39 is 11.9 Å². The van der Waals surface area contributed by atoms with E-state index in [1.54, 1.807) is 0 Å². The van der Waals surface area contributed by atoms with Crippen molar-refractivity contribution in [2.24, 2.45) is 0 Å². The van der Waals surface area contributed by atoms with Crippen LogP contribution in [-0.2, 0) is 9.59 Å². The van der Waals surface area contributed by atoms with E-state index in [2.05, 4.69) is 37.5 Å². The molecule has 0 aliphatic carbocycles. The van der Waals surface area contributed by atoms with Crippen LogP contribution in [0.25, 0.3) is 0 Å². The number of carbonyl (C=O) groups excluding carboxylic acids is 2. The zero-order valence-electron chi connectivity index (χ0n) is 69.0. The molecule has 0 aromatic carbocycles. The third-order valence-corrected chi connectivity index (χ3v) is 22.0. The maximum Gasteiger partial charge on any atom is 2.00 e. The molecule has 0 saturated carbocycles. The average molecular weight is 1420 g/mol. The molecule has 0 heterocycles. The predicted octanol–water partition coefficient (Wildman–Crippen LogP) is 29.0. The number of hydrogen-bond acceptors (Lipinski definition) is 6. The Kier molecular flexibility index (Phi) is 100. The first-order valence-electron chi connectivity index (χ1n) is 46.2. The fourth-order valence-corrected chi connectivity index (χ4v) is 15.2. The molecule has 0 rings (SSSR count). The van der Waals surface area contributed by atoms with E-state index in [-0.39, 0.29) is 50.6 Å². The first-order valence-corrected chi connectivity index (χ1v) is 46.2. The molecule has 0 aliphatic heterocycles. The summed E-state index contributed by atoms with van der Waals surface area (Å²) in [5, 5.41) is 21.5. The Morgan fingerprint density at radius 1 is 0.162 bits per heavy atom. The Balaban J connectivity index is -0.00000184. The van der Waals surface area contributed by atoms with Crippen LogP contribution in [0.15, 0.2) is 0 Å². The van der Waals surface area contributed by atoms with Crippen molar-refractivity contribution in [1.29, 1.82) is 0 Å². The van der Waals surface area contributed by atoms with E-state index in [9.17, 15) is 19.8 Å². The van der Waals surface area contributed by atoms with E-state index in [1.807, 2.05) is 0 Å². The largest absolute Gasteiger partial charge is 2.00 e. The van der Waals surface area contributed by atoms with E-state index >= 15 is 0 Å². The Hall–Kier alpha value is 0.120. The SMILES string of the molecule is CCCCCCCCCCCCCCCCCCCCN(CCCCCCCCCCCCCCCCCCCC)CCCCCC(=O)[O-].CCCCCCCCCCCCCCCCCCCCN(CCCCCCCCCCCCCCCCCCCC)CCCCCC(=O)[O-].[Ca+2]. The smallest absolute Gasteiger partial charge is 0.550 e. The molecule has 0 aliphatic rings. The quantitative estimate of drug-likeness (QED) is 0.0445. The minimum atomic E-state index is -0.894. The van der Waals surface area contributed by atoms with Gasteiger partial charge in [0, 0.05) is 11.9 Å². The van der Waals surface area contributed by atoms with Gasteiger partial charge in [0.05, 0.1) is 0 Å². The molecule has 0 fully saturated rings. The molecule has 99 heavy (non-hydrogen) atoms. The van der Waals surface area contributed by atoms with Gasteiger partial charge in [0.25, 0.3) is 0 Å². The number of unbranched alkanes of at least 4 members (excludes halogenated alkanes) is 72. The van der Waals surface area contributed by atoms with Gasteiger partial charge in [-0.05, 0) is 103 Å². The fraction of sp³-hybridized carbons (Fsp3) is 0.978. The van der Waals surface area contributed by atoms with Gasteiger partial charge in [-0.3, -0.25) is 0 Å². The van der Waals surface area contributed by atoms with Crippen LogP contribution in [0.2, 0.25) is 0 Å². The van der Waals surface area contributed by atoms with E-state index in [4.69, 9.17) is 0 Å². The van der Waals surface area contributed by atoms with Crippen molar-refractivity contribution in [1.82, 2.24) is 9.80 Å². The topological polar surface area (TPSA) is 86.7 Å². The molecular formula is C92H184CaN2O4. The number of carboxylic acid groups (broad SMARTS) is 2. The fourth-order valence-electron chi connectivity index (χ4n) is 15.2. The molecule has 0 aromatic rings. The number of nitrogens with zero attached hydrogens (tertiary/aromatic N) is 2. The van der Waals surface area contributed by atoms with Crippen molar-refractivity contribution >= 4 is 49.7 Å². The van der Waals surface area contributed by atoms with Gasteiger partial charge in [0.15, 0.2) is 0 Å². The summed E-state index contributed by atoms with van der Waals surface area (Å²) in [7, 11) is 0. The van der Waals surface area contributed by atoms with Crippen molar-refractivity contribution in [3.8, 4) is 0 Å². The Labute approximate surface area is 655 Å². The summed E-state index contributed by atoms with van der Waals surface area (Å²) in [4.78, 5) is 26.9. The first kappa shape index (κ1) is 103. The molecule has 7 heteroatoms. The number of aliphatic carboxylic acids is 2. The summed E-state index contributed by atoms with van der Waals surface area (Å²) in [5.41, 5.74) is 0. The first-order chi connectivity index (χ1) is 48.4. The van der Waals surface area contributed by atoms with Gasteiger partial charge in [0.2, 0.25) is 0 Å². The molecule has 0 aromatic heterocycles. The molecule has 0 bridgehead atoms. The maximum atomic E-state index is 10.8. The van der Waals surface area contributed by atoms with Crippen LogP contribution in [0.5, 0.6) is 0 Å². The molecule has 0 unspecified atom stereocenters. The summed E-state index contributed by atoms with van der Waals surface area (Å²) in [6.45, 7) is 16.4. The Bertz CT molecular complexity index is 1250. The van der Waals surface area contributed by atoms with Crippen molar-refractivity contribution in [3.63, 3.8) is 0 Å². The normalized spacial score (nSPS) is 11.5. The van der Waals surface area contributed by atoms with Crippen molar-refractivity contribution in [3.05, 3.63) is 0 Å². The van der Waals surface area contributed by atoms with Gasteiger partial charge in [-0.2, -0.15) is 0 Å². The molecule has 588 valence electrons. The predicted molar refractivity (Wildman–Crippen MR) is 441 cm³/mol. The number of carboxylic acids is 2. The number of hydrogen-bond donors (Lipinski definition) is 0. The molecule has 6 nitrogen and oxygen atoms in total. The van der Waals surface area contributed by atoms with Gasteiger partial charge in [0.1, 0.15) is 0 Å². The molecule has 0 radical (unpaired) electrons. The van der Waals surface area contributed by atoms with Crippen molar-refractivity contribution < 1.29 is 19.8 Å². The summed E-state index contributed by atoms with van der Waals surface area (Å²) in [6.07, 6.45) is 109. The maximum absolute atomic E-state index is 10.8. The third kappa shape index (κ3) is 98.1. The Morgan fingerprint density at radius 3 is 0.354 bits per heavy atom. The van der Waals surface area contributed by atoms with Crippen LogP contribution in [0.1, 0.15) is 541 Å². The number of carbonyl (C=O) groups is 2. The van der Waals surface area contributed by atoms with Crippen LogP contribution in [-0.4, -0.2) is 98.7 Å². The number of rotatable bonds is 88. The summed E-state index contributed by atoms with van der Waals surface area (Å²) in [5.74, 6) is -1.79. The second-order valence-corrected chi connectivity index (χ2v) is 32.1. The molecule has 0 spiro atoms.